The van der Waals surface area contributed by atoms with Crippen molar-refractivity contribution < 1.29 is 23.4 Å². The molecule has 4 aromatic rings. The summed E-state index contributed by atoms with van der Waals surface area (Å²) in [6.45, 7) is 6.27. The topological polar surface area (TPSA) is 79.1 Å². The highest BCUT2D eigenvalue weighted by Gasteiger charge is 2.33. The highest BCUT2D eigenvalue weighted by atomic mass is 32.1. The average Bonchev–Trinajstić information content (AvgIpc) is 3.27. The number of allylic oxidation sites excluding steroid dienone is 1. The molecular weight excluding hydrogens is 543 g/mol. The first-order valence-corrected chi connectivity index (χ1v) is 14.1. The van der Waals surface area contributed by atoms with Crippen molar-refractivity contribution in [3.05, 3.63) is 126 Å². The second-order valence-electron chi connectivity index (χ2n) is 9.27. The van der Waals surface area contributed by atoms with Gasteiger partial charge in [0.2, 0.25) is 0 Å². The summed E-state index contributed by atoms with van der Waals surface area (Å²) in [7, 11) is 0. The fourth-order valence-corrected chi connectivity index (χ4v) is 5.68. The SMILES string of the molecule is CCOC(=O)C1=C(C)N=c2s/c(=C\c3ccc(OCc4ccc(F)cc4)c(OCC)c3)c(=O)n2[C@H]1c1ccccc1. The van der Waals surface area contributed by atoms with Crippen LogP contribution in [0.5, 0.6) is 11.5 Å². The van der Waals surface area contributed by atoms with Gasteiger partial charge in [0.1, 0.15) is 12.4 Å². The summed E-state index contributed by atoms with van der Waals surface area (Å²) in [5.41, 5.74) is 2.96. The van der Waals surface area contributed by atoms with Crippen LogP contribution in [0.4, 0.5) is 4.39 Å². The Morgan fingerprint density at radius 2 is 1.76 bits per heavy atom. The molecule has 3 aromatic carbocycles. The van der Waals surface area contributed by atoms with Gasteiger partial charge in [0.25, 0.3) is 5.56 Å². The second-order valence-corrected chi connectivity index (χ2v) is 10.3. The summed E-state index contributed by atoms with van der Waals surface area (Å²) in [5.74, 6) is 0.266. The molecule has 0 radical (unpaired) electrons. The number of halogens is 1. The number of carbonyl (C=O) groups is 1. The van der Waals surface area contributed by atoms with Crippen molar-refractivity contribution in [2.24, 2.45) is 4.99 Å². The summed E-state index contributed by atoms with van der Waals surface area (Å²) in [6.07, 6.45) is 1.78. The fraction of sp³-hybridized carbons (Fsp3) is 0.219. The van der Waals surface area contributed by atoms with Crippen LogP contribution < -0.4 is 24.4 Å². The number of nitrogens with zero attached hydrogens (tertiary/aromatic N) is 2. The molecule has 0 aliphatic carbocycles. The van der Waals surface area contributed by atoms with Gasteiger partial charge in [-0.1, -0.05) is 59.9 Å². The number of carbonyl (C=O) groups excluding carboxylic acids is 1. The zero-order chi connectivity index (χ0) is 28.9. The maximum atomic E-state index is 13.8. The molecule has 210 valence electrons. The van der Waals surface area contributed by atoms with Crippen molar-refractivity contribution in [1.82, 2.24) is 4.57 Å². The monoisotopic (exact) mass is 572 g/mol. The third-order valence-corrected chi connectivity index (χ3v) is 7.49. The lowest BCUT2D eigenvalue weighted by Crippen LogP contribution is -2.39. The van der Waals surface area contributed by atoms with E-state index in [1.165, 1.54) is 23.5 Å². The fourth-order valence-electron chi connectivity index (χ4n) is 4.64. The Kier molecular flexibility index (Phi) is 8.45. The molecule has 41 heavy (non-hydrogen) atoms. The van der Waals surface area contributed by atoms with Crippen LogP contribution in [0.3, 0.4) is 0 Å². The molecule has 0 N–H and O–H groups in total. The number of benzene rings is 3. The van der Waals surface area contributed by atoms with Crippen LogP contribution in [-0.2, 0) is 16.1 Å². The standard InChI is InChI=1S/C32H29FN2O5S/c1-4-38-26-17-22(13-16-25(26)40-19-21-11-14-24(33)15-12-21)18-27-30(36)35-29(23-9-7-6-8-10-23)28(31(37)39-5-2)20(3)34-32(35)41-27/h6-18,29H,4-5,19H2,1-3H3/b27-18-/t29-/m0/s1. The Morgan fingerprint density at radius 1 is 1.00 bits per heavy atom. The van der Waals surface area contributed by atoms with Gasteiger partial charge >= 0.3 is 5.97 Å². The Morgan fingerprint density at radius 3 is 2.46 bits per heavy atom. The zero-order valence-electron chi connectivity index (χ0n) is 22.9. The van der Waals surface area contributed by atoms with Gasteiger partial charge in [-0.15, -0.1) is 0 Å². The number of fused-ring (bicyclic) bond motifs is 1. The van der Waals surface area contributed by atoms with Crippen LogP contribution in [0.1, 0.15) is 43.5 Å². The third kappa shape index (κ3) is 6.00. The van der Waals surface area contributed by atoms with E-state index in [1.807, 2.05) is 49.4 Å². The summed E-state index contributed by atoms with van der Waals surface area (Å²) in [5, 5.41) is 0. The van der Waals surface area contributed by atoms with Crippen LogP contribution >= 0.6 is 11.3 Å². The largest absolute Gasteiger partial charge is 0.490 e. The summed E-state index contributed by atoms with van der Waals surface area (Å²) in [6, 6.07) is 20.3. The van der Waals surface area contributed by atoms with E-state index in [-0.39, 0.29) is 24.6 Å². The minimum atomic E-state index is -0.658. The first-order chi connectivity index (χ1) is 19.9. The number of hydrogen-bond acceptors (Lipinski definition) is 7. The molecule has 1 aliphatic rings. The molecule has 1 aromatic heterocycles. The minimum Gasteiger partial charge on any atom is -0.490 e. The quantitative estimate of drug-likeness (QED) is 0.266. The average molecular weight is 573 g/mol. The van der Waals surface area contributed by atoms with Crippen molar-refractivity contribution >= 4 is 23.4 Å². The summed E-state index contributed by atoms with van der Waals surface area (Å²) >= 11 is 1.26. The lowest BCUT2D eigenvalue weighted by Gasteiger charge is -2.24. The first kappa shape index (κ1) is 28.0. The minimum absolute atomic E-state index is 0.216. The highest BCUT2D eigenvalue weighted by molar-refractivity contribution is 7.07. The van der Waals surface area contributed by atoms with Crippen LogP contribution in [-0.4, -0.2) is 23.8 Å². The van der Waals surface area contributed by atoms with Gasteiger partial charge < -0.3 is 14.2 Å². The summed E-state index contributed by atoms with van der Waals surface area (Å²) < 4.78 is 32.4. The number of rotatable bonds is 9. The second kappa shape index (κ2) is 12.3. The van der Waals surface area contributed by atoms with E-state index in [0.29, 0.717) is 38.7 Å². The molecule has 5 rings (SSSR count). The Balaban J connectivity index is 1.53. The van der Waals surface area contributed by atoms with Gasteiger partial charge in [-0.25, -0.2) is 14.2 Å². The Bertz CT molecular complexity index is 1780. The zero-order valence-corrected chi connectivity index (χ0v) is 23.7. The van der Waals surface area contributed by atoms with Gasteiger partial charge in [0.05, 0.1) is 35.1 Å². The van der Waals surface area contributed by atoms with E-state index in [4.69, 9.17) is 14.2 Å². The molecule has 0 saturated carbocycles. The molecule has 1 atom stereocenters. The van der Waals surface area contributed by atoms with E-state index >= 15 is 0 Å². The van der Waals surface area contributed by atoms with Gasteiger partial charge in [-0.05, 0) is 67.8 Å². The van der Waals surface area contributed by atoms with Crippen molar-refractivity contribution in [3.8, 4) is 11.5 Å². The molecule has 0 saturated heterocycles. The smallest absolute Gasteiger partial charge is 0.338 e. The van der Waals surface area contributed by atoms with Gasteiger partial charge in [-0.3, -0.25) is 9.36 Å². The van der Waals surface area contributed by atoms with E-state index < -0.39 is 12.0 Å². The lowest BCUT2D eigenvalue weighted by molar-refractivity contribution is -0.139. The molecule has 0 unspecified atom stereocenters. The third-order valence-electron chi connectivity index (χ3n) is 6.51. The van der Waals surface area contributed by atoms with Gasteiger partial charge in [0.15, 0.2) is 16.3 Å². The lowest BCUT2D eigenvalue weighted by atomic mass is 9.96. The van der Waals surface area contributed by atoms with Crippen LogP contribution in [0, 0.1) is 5.82 Å². The summed E-state index contributed by atoms with van der Waals surface area (Å²) in [4.78, 5) is 31.9. The van der Waals surface area contributed by atoms with Crippen molar-refractivity contribution in [2.45, 2.75) is 33.4 Å². The predicted molar refractivity (Wildman–Crippen MR) is 155 cm³/mol. The number of aromatic nitrogens is 1. The number of ether oxygens (including phenoxy) is 3. The van der Waals surface area contributed by atoms with E-state index in [1.54, 1.807) is 42.7 Å². The molecule has 1 aliphatic heterocycles. The molecular formula is C32H29FN2O5S. The first-order valence-electron chi connectivity index (χ1n) is 13.3. The van der Waals surface area contributed by atoms with E-state index in [9.17, 15) is 14.0 Å². The maximum Gasteiger partial charge on any atom is 0.338 e. The molecule has 0 fully saturated rings. The molecule has 2 heterocycles. The van der Waals surface area contributed by atoms with Crippen molar-refractivity contribution in [2.75, 3.05) is 13.2 Å². The van der Waals surface area contributed by atoms with Gasteiger partial charge in [-0.2, -0.15) is 0 Å². The number of thiazole rings is 1. The van der Waals surface area contributed by atoms with Crippen LogP contribution in [0.25, 0.3) is 6.08 Å². The highest BCUT2D eigenvalue weighted by Crippen LogP contribution is 2.31. The van der Waals surface area contributed by atoms with E-state index in [2.05, 4.69) is 4.99 Å². The van der Waals surface area contributed by atoms with Crippen molar-refractivity contribution in [3.63, 3.8) is 0 Å². The van der Waals surface area contributed by atoms with Crippen molar-refractivity contribution in [1.29, 1.82) is 0 Å². The predicted octanol–water partition coefficient (Wildman–Crippen LogP) is 4.92. The molecule has 0 spiro atoms. The van der Waals surface area contributed by atoms with Gasteiger partial charge in [0, 0.05) is 0 Å². The molecule has 7 nitrogen and oxygen atoms in total. The maximum absolute atomic E-state index is 13.8. The van der Waals surface area contributed by atoms with E-state index in [0.717, 1.165) is 16.7 Å². The van der Waals surface area contributed by atoms with Crippen LogP contribution in [0.2, 0.25) is 0 Å². The molecule has 9 heteroatoms. The number of esters is 1. The van der Waals surface area contributed by atoms with Crippen LogP contribution in [0.15, 0.2) is 93.9 Å². The molecule has 0 bridgehead atoms. The Hall–Kier alpha value is -4.50. The number of hydrogen-bond donors (Lipinski definition) is 0. The normalized spacial score (nSPS) is 14.8. The Labute approximate surface area is 240 Å². The molecule has 0 amide bonds.